The van der Waals surface area contributed by atoms with Crippen molar-refractivity contribution in [2.24, 2.45) is 4.99 Å². The fourth-order valence-corrected chi connectivity index (χ4v) is 2.23. The molecule has 1 N–H and O–H groups in total. The molecule has 0 saturated carbocycles. The average molecular weight is 282 g/mol. The second-order valence-electron chi connectivity index (χ2n) is 5.12. The van der Waals surface area contributed by atoms with Gasteiger partial charge in [0.25, 0.3) is 0 Å². The molecule has 0 amide bonds. The number of nitrogens with zero attached hydrogens (tertiary/aromatic N) is 3. The first-order valence-corrected chi connectivity index (χ1v) is 7.94. The number of rotatable bonds is 10. The molecule has 0 aliphatic rings. The average Bonchev–Trinajstić information content (AvgIpc) is 2.44. The summed E-state index contributed by atoms with van der Waals surface area (Å²) in [6.45, 7) is 17.5. The van der Waals surface area contributed by atoms with Crippen LogP contribution >= 0.6 is 0 Å². The Morgan fingerprint density at radius 1 is 1.30 bits per heavy atom. The molecule has 1 atom stereocenters. The van der Waals surface area contributed by atoms with Crippen molar-refractivity contribution >= 4 is 5.96 Å². The molecule has 0 bridgehead atoms. The molecule has 4 heteroatoms. The smallest absolute Gasteiger partial charge is 0.193 e. The lowest BCUT2D eigenvalue weighted by atomic mass is 10.3. The summed E-state index contributed by atoms with van der Waals surface area (Å²) in [7, 11) is 2.10. The van der Waals surface area contributed by atoms with E-state index in [1.807, 2.05) is 6.08 Å². The molecule has 0 aromatic carbocycles. The third-order valence-electron chi connectivity index (χ3n) is 3.54. The van der Waals surface area contributed by atoms with E-state index in [0.717, 1.165) is 51.5 Å². The number of allylic oxidation sites excluding steroid dienone is 1. The van der Waals surface area contributed by atoms with E-state index in [1.54, 1.807) is 0 Å². The van der Waals surface area contributed by atoms with Crippen molar-refractivity contribution in [3.8, 4) is 0 Å². The van der Waals surface area contributed by atoms with Crippen LogP contribution in [0.2, 0.25) is 0 Å². The van der Waals surface area contributed by atoms with E-state index in [4.69, 9.17) is 4.99 Å². The maximum atomic E-state index is 4.77. The zero-order valence-electron chi connectivity index (χ0n) is 14.2. The van der Waals surface area contributed by atoms with E-state index in [2.05, 4.69) is 56.4 Å². The van der Waals surface area contributed by atoms with Crippen LogP contribution in [0.25, 0.3) is 0 Å². The number of nitrogens with one attached hydrogen (secondary N) is 1. The molecule has 1 unspecified atom stereocenters. The van der Waals surface area contributed by atoms with E-state index in [0.29, 0.717) is 6.04 Å². The van der Waals surface area contributed by atoms with Crippen molar-refractivity contribution in [3.05, 3.63) is 12.7 Å². The maximum Gasteiger partial charge on any atom is 0.193 e. The molecular formula is C16H34N4. The van der Waals surface area contributed by atoms with E-state index < -0.39 is 0 Å². The molecule has 0 spiro atoms. The topological polar surface area (TPSA) is 30.9 Å². The summed E-state index contributed by atoms with van der Waals surface area (Å²) in [5, 5.41) is 3.37. The minimum absolute atomic E-state index is 0.486. The van der Waals surface area contributed by atoms with Gasteiger partial charge in [0.1, 0.15) is 0 Å². The number of hydrogen-bond donors (Lipinski definition) is 1. The van der Waals surface area contributed by atoms with Crippen LogP contribution in [-0.4, -0.2) is 61.6 Å². The predicted molar refractivity (Wildman–Crippen MR) is 90.4 cm³/mol. The summed E-state index contributed by atoms with van der Waals surface area (Å²) >= 11 is 0. The van der Waals surface area contributed by atoms with Gasteiger partial charge in [-0.1, -0.05) is 19.9 Å². The number of likely N-dealkylation sites (N-methyl/N-ethyl adjacent to an activating group) is 1. The number of aliphatic imine (C=N–C) groups is 1. The van der Waals surface area contributed by atoms with Crippen LogP contribution in [0.4, 0.5) is 0 Å². The van der Waals surface area contributed by atoms with Gasteiger partial charge in [-0.05, 0) is 39.8 Å². The van der Waals surface area contributed by atoms with Crippen LogP contribution in [0.3, 0.4) is 0 Å². The maximum absolute atomic E-state index is 4.77. The first kappa shape index (κ1) is 19.0. The van der Waals surface area contributed by atoms with Gasteiger partial charge in [0, 0.05) is 26.2 Å². The summed E-state index contributed by atoms with van der Waals surface area (Å²) in [5.41, 5.74) is 0. The molecule has 0 aromatic rings. The van der Waals surface area contributed by atoms with Gasteiger partial charge in [0.05, 0.1) is 6.54 Å². The van der Waals surface area contributed by atoms with Gasteiger partial charge in [0.15, 0.2) is 5.96 Å². The highest BCUT2D eigenvalue weighted by molar-refractivity contribution is 5.79. The Balaban J connectivity index is 4.47. The van der Waals surface area contributed by atoms with Crippen molar-refractivity contribution in [2.75, 3.05) is 39.8 Å². The third-order valence-corrected chi connectivity index (χ3v) is 3.54. The lowest BCUT2D eigenvalue weighted by molar-refractivity contribution is 0.236. The first-order chi connectivity index (χ1) is 9.60. The minimum Gasteiger partial charge on any atom is -0.357 e. The Labute approximate surface area is 125 Å². The predicted octanol–water partition coefficient (Wildman–Crippen LogP) is 2.58. The molecule has 0 fully saturated rings. The quantitative estimate of drug-likeness (QED) is 0.289. The van der Waals surface area contributed by atoms with Crippen LogP contribution in [0.15, 0.2) is 17.6 Å². The van der Waals surface area contributed by atoms with Crippen molar-refractivity contribution in [1.29, 1.82) is 0 Å². The summed E-state index contributed by atoms with van der Waals surface area (Å²) < 4.78 is 0. The Bertz CT molecular complexity index is 272. The van der Waals surface area contributed by atoms with Crippen LogP contribution < -0.4 is 5.32 Å². The van der Waals surface area contributed by atoms with Gasteiger partial charge < -0.3 is 10.2 Å². The van der Waals surface area contributed by atoms with Crippen molar-refractivity contribution < 1.29 is 0 Å². The molecule has 0 heterocycles. The molecule has 118 valence electrons. The van der Waals surface area contributed by atoms with E-state index in [-0.39, 0.29) is 0 Å². The van der Waals surface area contributed by atoms with E-state index in [9.17, 15) is 0 Å². The second-order valence-corrected chi connectivity index (χ2v) is 5.12. The van der Waals surface area contributed by atoms with Gasteiger partial charge in [-0.2, -0.15) is 0 Å². The standard InChI is InChI=1S/C16H34N4/c1-7-11-12-13-19(6)16(17-8-2)18-14-15(5)20(9-3)10-4/h7,15H,1,8-14H2,2-6H3,(H,17,18). The molecule has 0 saturated heterocycles. The molecule has 0 aliphatic heterocycles. The Morgan fingerprint density at radius 2 is 1.95 bits per heavy atom. The fourth-order valence-electron chi connectivity index (χ4n) is 2.23. The minimum atomic E-state index is 0.486. The van der Waals surface area contributed by atoms with Crippen LogP contribution in [-0.2, 0) is 0 Å². The van der Waals surface area contributed by atoms with Crippen LogP contribution in [0.5, 0.6) is 0 Å². The highest BCUT2D eigenvalue weighted by atomic mass is 15.3. The number of unbranched alkanes of at least 4 members (excludes halogenated alkanes) is 1. The molecule has 0 aromatic heterocycles. The highest BCUT2D eigenvalue weighted by Gasteiger charge is 2.11. The third kappa shape index (κ3) is 7.53. The van der Waals surface area contributed by atoms with Crippen LogP contribution in [0, 0.1) is 0 Å². The molecule has 0 rings (SSSR count). The zero-order chi connectivity index (χ0) is 15.4. The van der Waals surface area contributed by atoms with Gasteiger partial charge in [-0.15, -0.1) is 6.58 Å². The van der Waals surface area contributed by atoms with Crippen LogP contribution in [0.1, 0.15) is 40.5 Å². The monoisotopic (exact) mass is 282 g/mol. The van der Waals surface area contributed by atoms with E-state index in [1.165, 1.54) is 0 Å². The molecule has 0 radical (unpaired) electrons. The number of guanidine groups is 1. The van der Waals surface area contributed by atoms with Crippen molar-refractivity contribution in [1.82, 2.24) is 15.1 Å². The lowest BCUT2D eigenvalue weighted by Crippen LogP contribution is -2.41. The van der Waals surface area contributed by atoms with E-state index >= 15 is 0 Å². The second kappa shape index (κ2) is 11.8. The largest absolute Gasteiger partial charge is 0.357 e. The highest BCUT2D eigenvalue weighted by Crippen LogP contribution is 2.00. The SMILES string of the molecule is C=CCCCN(C)C(=NCC(C)N(CC)CC)NCC. The number of hydrogen-bond acceptors (Lipinski definition) is 2. The van der Waals surface area contributed by atoms with Gasteiger partial charge in [0.2, 0.25) is 0 Å². The summed E-state index contributed by atoms with van der Waals surface area (Å²) in [4.78, 5) is 9.42. The van der Waals surface area contributed by atoms with Gasteiger partial charge in [-0.3, -0.25) is 9.89 Å². The molecule has 20 heavy (non-hydrogen) atoms. The Kier molecular flexibility index (Phi) is 11.2. The van der Waals surface area contributed by atoms with Gasteiger partial charge in [-0.25, -0.2) is 0 Å². The Hall–Kier alpha value is -1.03. The van der Waals surface area contributed by atoms with Crippen molar-refractivity contribution in [3.63, 3.8) is 0 Å². The lowest BCUT2D eigenvalue weighted by Gasteiger charge is -2.26. The van der Waals surface area contributed by atoms with Gasteiger partial charge >= 0.3 is 0 Å². The normalized spacial score (nSPS) is 13.4. The zero-order valence-corrected chi connectivity index (χ0v) is 14.2. The summed E-state index contributed by atoms with van der Waals surface area (Å²) in [5.74, 6) is 1.01. The molecule has 4 nitrogen and oxygen atoms in total. The molecule has 0 aliphatic carbocycles. The first-order valence-electron chi connectivity index (χ1n) is 7.94. The summed E-state index contributed by atoms with van der Waals surface area (Å²) in [6.07, 6.45) is 4.15. The fraction of sp³-hybridized carbons (Fsp3) is 0.812. The summed E-state index contributed by atoms with van der Waals surface area (Å²) in [6, 6.07) is 0.486. The molecular weight excluding hydrogens is 248 g/mol. The van der Waals surface area contributed by atoms with Crippen molar-refractivity contribution in [2.45, 2.75) is 46.6 Å². The Morgan fingerprint density at radius 3 is 2.45 bits per heavy atom.